The lowest BCUT2D eigenvalue weighted by molar-refractivity contribution is 0.448. The summed E-state index contributed by atoms with van der Waals surface area (Å²) in [6.07, 6.45) is 3.86. The standard InChI is InChI=1S/C9H14ClNO/c1-7(2)3-4-8-6-11-9(5-10)12-8/h6-7H,3-5H2,1-2H3. The van der Waals surface area contributed by atoms with E-state index in [2.05, 4.69) is 18.8 Å². The van der Waals surface area contributed by atoms with Gasteiger partial charge in [0, 0.05) is 6.42 Å². The van der Waals surface area contributed by atoms with Gasteiger partial charge in [-0.1, -0.05) is 13.8 Å². The molecule has 0 aliphatic heterocycles. The van der Waals surface area contributed by atoms with Gasteiger partial charge in [0.2, 0.25) is 5.89 Å². The van der Waals surface area contributed by atoms with Crippen molar-refractivity contribution in [2.24, 2.45) is 5.92 Å². The summed E-state index contributed by atoms with van der Waals surface area (Å²) < 4.78 is 5.34. The van der Waals surface area contributed by atoms with Gasteiger partial charge in [-0.25, -0.2) is 4.98 Å². The van der Waals surface area contributed by atoms with Gasteiger partial charge in [-0.2, -0.15) is 0 Å². The molecule has 0 saturated carbocycles. The molecule has 0 amide bonds. The zero-order chi connectivity index (χ0) is 8.97. The van der Waals surface area contributed by atoms with Crippen LogP contribution in [0.25, 0.3) is 0 Å². The van der Waals surface area contributed by atoms with E-state index in [4.69, 9.17) is 16.0 Å². The van der Waals surface area contributed by atoms with Crippen molar-refractivity contribution >= 4 is 11.6 Å². The summed E-state index contributed by atoms with van der Waals surface area (Å²) in [5.41, 5.74) is 0. The van der Waals surface area contributed by atoms with Crippen molar-refractivity contribution < 1.29 is 4.42 Å². The van der Waals surface area contributed by atoms with Gasteiger partial charge in [-0.05, 0) is 12.3 Å². The predicted octanol–water partition coefficient (Wildman–Crippen LogP) is 3.00. The Bertz CT molecular complexity index is 232. The number of hydrogen-bond donors (Lipinski definition) is 0. The minimum absolute atomic E-state index is 0.363. The number of nitrogens with zero attached hydrogens (tertiary/aromatic N) is 1. The van der Waals surface area contributed by atoms with Crippen molar-refractivity contribution in [1.29, 1.82) is 0 Å². The van der Waals surface area contributed by atoms with Crippen LogP contribution in [0.3, 0.4) is 0 Å². The monoisotopic (exact) mass is 187 g/mol. The van der Waals surface area contributed by atoms with Crippen LogP contribution < -0.4 is 0 Å². The van der Waals surface area contributed by atoms with E-state index in [0.29, 0.717) is 17.7 Å². The van der Waals surface area contributed by atoms with E-state index < -0.39 is 0 Å². The number of oxazole rings is 1. The van der Waals surface area contributed by atoms with E-state index in [-0.39, 0.29) is 0 Å². The lowest BCUT2D eigenvalue weighted by atomic mass is 10.1. The van der Waals surface area contributed by atoms with E-state index in [9.17, 15) is 0 Å². The minimum Gasteiger partial charge on any atom is -0.444 e. The second kappa shape index (κ2) is 4.51. The maximum atomic E-state index is 5.55. The summed E-state index contributed by atoms with van der Waals surface area (Å²) in [4.78, 5) is 4.01. The molecule has 0 radical (unpaired) electrons. The predicted molar refractivity (Wildman–Crippen MR) is 49.2 cm³/mol. The van der Waals surface area contributed by atoms with E-state index in [1.54, 1.807) is 6.20 Å². The summed E-state index contributed by atoms with van der Waals surface area (Å²) in [6, 6.07) is 0. The first kappa shape index (κ1) is 9.59. The maximum absolute atomic E-state index is 5.55. The molecule has 1 aromatic rings. The molecule has 0 N–H and O–H groups in total. The Balaban J connectivity index is 2.41. The zero-order valence-corrected chi connectivity index (χ0v) is 8.27. The molecule has 0 aliphatic carbocycles. The zero-order valence-electron chi connectivity index (χ0n) is 7.51. The summed E-state index contributed by atoms with van der Waals surface area (Å²) in [5, 5.41) is 0. The van der Waals surface area contributed by atoms with Crippen molar-refractivity contribution in [2.75, 3.05) is 0 Å². The molecule has 0 bridgehead atoms. The van der Waals surface area contributed by atoms with Gasteiger partial charge in [0.05, 0.1) is 12.1 Å². The summed E-state index contributed by atoms with van der Waals surface area (Å²) in [5.74, 6) is 2.63. The Labute approximate surface area is 77.9 Å². The van der Waals surface area contributed by atoms with Crippen LogP contribution in [0.5, 0.6) is 0 Å². The number of halogens is 1. The van der Waals surface area contributed by atoms with Crippen molar-refractivity contribution in [3.05, 3.63) is 17.8 Å². The highest BCUT2D eigenvalue weighted by atomic mass is 35.5. The first-order valence-electron chi connectivity index (χ1n) is 4.22. The average molecular weight is 188 g/mol. The Hall–Kier alpha value is -0.500. The molecule has 1 rings (SSSR count). The van der Waals surface area contributed by atoms with Gasteiger partial charge >= 0.3 is 0 Å². The molecule has 0 spiro atoms. The largest absolute Gasteiger partial charge is 0.444 e. The molecule has 0 fully saturated rings. The molecule has 0 aromatic carbocycles. The number of aromatic nitrogens is 1. The molecular weight excluding hydrogens is 174 g/mol. The Kier molecular flexibility index (Phi) is 3.60. The first-order valence-corrected chi connectivity index (χ1v) is 4.75. The van der Waals surface area contributed by atoms with E-state index in [0.717, 1.165) is 18.6 Å². The van der Waals surface area contributed by atoms with Crippen LogP contribution in [0.2, 0.25) is 0 Å². The van der Waals surface area contributed by atoms with Crippen molar-refractivity contribution in [2.45, 2.75) is 32.6 Å². The molecule has 68 valence electrons. The van der Waals surface area contributed by atoms with Gasteiger partial charge in [-0.3, -0.25) is 0 Å². The van der Waals surface area contributed by atoms with Crippen LogP contribution in [-0.2, 0) is 12.3 Å². The van der Waals surface area contributed by atoms with E-state index in [1.165, 1.54) is 0 Å². The lowest BCUT2D eigenvalue weighted by Crippen LogP contribution is -1.89. The highest BCUT2D eigenvalue weighted by molar-refractivity contribution is 6.16. The number of alkyl halides is 1. The number of aryl methyl sites for hydroxylation is 1. The minimum atomic E-state index is 0.363. The quantitative estimate of drug-likeness (QED) is 0.678. The number of hydrogen-bond acceptors (Lipinski definition) is 2. The van der Waals surface area contributed by atoms with Gasteiger partial charge in [0.15, 0.2) is 0 Å². The van der Waals surface area contributed by atoms with Crippen LogP contribution in [0.1, 0.15) is 31.9 Å². The van der Waals surface area contributed by atoms with Gasteiger partial charge in [0.1, 0.15) is 5.76 Å². The fraction of sp³-hybridized carbons (Fsp3) is 0.667. The van der Waals surface area contributed by atoms with Crippen molar-refractivity contribution in [3.8, 4) is 0 Å². The van der Waals surface area contributed by atoms with Gasteiger partial charge in [-0.15, -0.1) is 11.6 Å². The van der Waals surface area contributed by atoms with Crippen molar-refractivity contribution in [3.63, 3.8) is 0 Å². The molecular formula is C9H14ClNO. The molecule has 1 aromatic heterocycles. The highest BCUT2D eigenvalue weighted by Crippen LogP contribution is 2.11. The third-order valence-corrected chi connectivity index (χ3v) is 1.91. The Morgan fingerprint density at radius 1 is 1.58 bits per heavy atom. The first-order chi connectivity index (χ1) is 5.72. The topological polar surface area (TPSA) is 26.0 Å². The van der Waals surface area contributed by atoms with Gasteiger partial charge in [0.25, 0.3) is 0 Å². The van der Waals surface area contributed by atoms with Crippen LogP contribution in [0.4, 0.5) is 0 Å². The van der Waals surface area contributed by atoms with Gasteiger partial charge < -0.3 is 4.42 Å². The molecule has 2 nitrogen and oxygen atoms in total. The second-order valence-corrected chi connectivity index (χ2v) is 3.55. The van der Waals surface area contributed by atoms with E-state index in [1.807, 2.05) is 0 Å². The lowest BCUT2D eigenvalue weighted by Gasteiger charge is -1.99. The summed E-state index contributed by atoms with van der Waals surface area (Å²) >= 11 is 5.55. The number of rotatable bonds is 4. The maximum Gasteiger partial charge on any atom is 0.209 e. The summed E-state index contributed by atoms with van der Waals surface area (Å²) in [7, 11) is 0. The molecule has 0 unspecified atom stereocenters. The Morgan fingerprint density at radius 2 is 2.33 bits per heavy atom. The van der Waals surface area contributed by atoms with Crippen LogP contribution in [0.15, 0.2) is 10.6 Å². The molecule has 0 atom stereocenters. The van der Waals surface area contributed by atoms with Crippen LogP contribution in [-0.4, -0.2) is 4.98 Å². The molecule has 0 aliphatic rings. The third-order valence-electron chi connectivity index (χ3n) is 1.68. The van der Waals surface area contributed by atoms with Crippen LogP contribution >= 0.6 is 11.6 Å². The van der Waals surface area contributed by atoms with E-state index >= 15 is 0 Å². The van der Waals surface area contributed by atoms with Crippen LogP contribution in [0, 0.1) is 5.92 Å². The van der Waals surface area contributed by atoms with Crippen molar-refractivity contribution in [1.82, 2.24) is 4.98 Å². The molecule has 1 heterocycles. The molecule has 12 heavy (non-hydrogen) atoms. The third kappa shape index (κ3) is 2.86. The second-order valence-electron chi connectivity index (χ2n) is 3.29. The molecule has 0 saturated heterocycles. The normalized spacial score (nSPS) is 11.0. The smallest absolute Gasteiger partial charge is 0.209 e. The fourth-order valence-electron chi connectivity index (χ4n) is 0.956. The Morgan fingerprint density at radius 3 is 2.83 bits per heavy atom. The summed E-state index contributed by atoms with van der Waals surface area (Å²) in [6.45, 7) is 4.39. The highest BCUT2D eigenvalue weighted by Gasteiger charge is 2.03. The fourth-order valence-corrected chi connectivity index (χ4v) is 1.08. The SMILES string of the molecule is CC(C)CCc1cnc(CCl)o1. The molecule has 3 heteroatoms. The average Bonchev–Trinajstić information content (AvgIpc) is 2.48.